The first kappa shape index (κ1) is 17.1. The molecule has 0 bridgehead atoms. The van der Waals surface area contributed by atoms with Gasteiger partial charge in [0, 0.05) is 18.0 Å². The van der Waals surface area contributed by atoms with Crippen LogP contribution in [0.1, 0.15) is 36.1 Å². The summed E-state index contributed by atoms with van der Waals surface area (Å²) in [5.41, 5.74) is 7.54. The second kappa shape index (κ2) is 7.47. The number of nitrogens with two attached hydrogens (primary N) is 1. The van der Waals surface area contributed by atoms with Gasteiger partial charge in [0.2, 0.25) is 5.91 Å². The van der Waals surface area contributed by atoms with Crippen LogP contribution in [-0.2, 0) is 22.4 Å². The van der Waals surface area contributed by atoms with Gasteiger partial charge in [-0.1, -0.05) is 11.8 Å². The van der Waals surface area contributed by atoms with Crippen LogP contribution in [0.4, 0.5) is 5.82 Å². The highest BCUT2D eigenvalue weighted by molar-refractivity contribution is 7.99. The maximum atomic E-state index is 12.0. The second-order valence-electron chi connectivity index (χ2n) is 6.51. The molecule has 1 fully saturated rings. The molecule has 1 aliphatic carbocycles. The quantitative estimate of drug-likeness (QED) is 0.614. The van der Waals surface area contributed by atoms with Crippen LogP contribution in [0.25, 0.3) is 10.2 Å². The lowest BCUT2D eigenvalue weighted by Crippen LogP contribution is -2.32. The predicted molar refractivity (Wildman–Crippen MR) is 101 cm³/mol. The first-order valence-electron chi connectivity index (χ1n) is 8.79. The zero-order valence-electron chi connectivity index (χ0n) is 14.0. The van der Waals surface area contributed by atoms with E-state index in [0.717, 1.165) is 42.5 Å². The number of rotatable bonds is 5. The molecule has 1 amide bonds. The SMILES string of the molecule is Nc1nc(SCC(=O)NC[C@@H]2CCCO2)nc2sc3c(c12)CCCC3. The number of nitrogens with zero attached hydrogens (tertiary/aromatic N) is 2. The van der Waals surface area contributed by atoms with E-state index in [-0.39, 0.29) is 12.0 Å². The summed E-state index contributed by atoms with van der Waals surface area (Å²) >= 11 is 3.07. The third kappa shape index (κ3) is 3.75. The largest absolute Gasteiger partial charge is 0.383 e. The topological polar surface area (TPSA) is 90.1 Å². The Morgan fingerprint density at radius 1 is 1.32 bits per heavy atom. The van der Waals surface area contributed by atoms with Gasteiger partial charge in [-0.25, -0.2) is 9.97 Å². The Kier molecular flexibility index (Phi) is 5.10. The average Bonchev–Trinajstić information content (AvgIpc) is 3.25. The first-order valence-corrected chi connectivity index (χ1v) is 10.6. The molecule has 6 nitrogen and oxygen atoms in total. The summed E-state index contributed by atoms with van der Waals surface area (Å²) in [6.07, 6.45) is 6.89. The first-order chi connectivity index (χ1) is 12.2. The van der Waals surface area contributed by atoms with Crippen molar-refractivity contribution in [1.29, 1.82) is 0 Å². The number of nitrogen functional groups attached to an aromatic ring is 1. The van der Waals surface area contributed by atoms with E-state index in [1.165, 1.54) is 35.0 Å². The van der Waals surface area contributed by atoms with Crippen LogP contribution in [-0.4, -0.2) is 40.9 Å². The number of thiophene rings is 1. The number of carbonyl (C=O) groups is 1. The van der Waals surface area contributed by atoms with Gasteiger partial charge in [-0.3, -0.25) is 4.79 Å². The van der Waals surface area contributed by atoms with Crippen molar-refractivity contribution >= 4 is 45.0 Å². The number of aromatic nitrogens is 2. The molecule has 0 aromatic carbocycles. The number of hydrogen-bond donors (Lipinski definition) is 2. The lowest BCUT2D eigenvalue weighted by Gasteiger charge is -2.11. The number of thioether (sulfide) groups is 1. The molecule has 3 N–H and O–H groups in total. The summed E-state index contributed by atoms with van der Waals surface area (Å²) < 4.78 is 5.51. The molecule has 0 radical (unpaired) electrons. The van der Waals surface area contributed by atoms with Crippen molar-refractivity contribution in [3.63, 3.8) is 0 Å². The fourth-order valence-electron chi connectivity index (χ4n) is 3.44. The zero-order valence-corrected chi connectivity index (χ0v) is 15.7. The molecule has 0 unspecified atom stereocenters. The molecule has 25 heavy (non-hydrogen) atoms. The number of carbonyl (C=O) groups excluding carboxylic acids is 1. The number of aryl methyl sites for hydroxylation is 2. The standard InChI is InChI=1S/C17H22N4O2S2/c18-15-14-11-5-1-2-6-12(11)25-16(14)21-17(20-15)24-9-13(22)19-8-10-4-3-7-23-10/h10H,1-9H2,(H,19,22)(H2,18,20,21)/t10-/m0/s1. The van der Waals surface area contributed by atoms with Crippen LogP contribution < -0.4 is 11.1 Å². The van der Waals surface area contributed by atoms with E-state index < -0.39 is 0 Å². The van der Waals surface area contributed by atoms with Crippen molar-refractivity contribution in [2.45, 2.75) is 49.8 Å². The summed E-state index contributed by atoms with van der Waals surface area (Å²) in [7, 11) is 0. The molecule has 3 heterocycles. The zero-order chi connectivity index (χ0) is 17.2. The number of amides is 1. The minimum Gasteiger partial charge on any atom is -0.383 e. The van der Waals surface area contributed by atoms with Gasteiger partial charge in [-0.2, -0.15) is 0 Å². The summed E-state index contributed by atoms with van der Waals surface area (Å²) in [6, 6.07) is 0. The van der Waals surface area contributed by atoms with Crippen molar-refractivity contribution in [3.8, 4) is 0 Å². The van der Waals surface area contributed by atoms with E-state index >= 15 is 0 Å². The average molecular weight is 379 g/mol. The van der Waals surface area contributed by atoms with Crippen molar-refractivity contribution in [2.24, 2.45) is 0 Å². The molecule has 2 aromatic rings. The molecule has 2 aromatic heterocycles. The Morgan fingerprint density at radius 2 is 2.20 bits per heavy atom. The Labute approximate surface area is 154 Å². The van der Waals surface area contributed by atoms with Gasteiger partial charge in [0.15, 0.2) is 5.16 Å². The molecule has 4 rings (SSSR count). The fourth-order valence-corrected chi connectivity index (χ4v) is 5.45. The van der Waals surface area contributed by atoms with Crippen molar-refractivity contribution in [3.05, 3.63) is 10.4 Å². The van der Waals surface area contributed by atoms with E-state index in [9.17, 15) is 4.79 Å². The van der Waals surface area contributed by atoms with Gasteiger partial charge in [-0.05, 0) is 44.1 Å². The fraction of sp³-hybridized carbons (Fsp3) is 0.588. The van der Waals surface area contributed by atoms with Gasteiger partial charge >= 0.3 is 0 Å². The molecular formula is C17H22N4O2S2. The molecular weight excluding hydrogens is 356 g/mol. The lowest BCUT2D eigenvalue weighted by atomic mass is 9.97. The van der Waals surface area contributed by atoms with Crippen LogP contribution in [0.5, 0.6) is 0 Å². The Morgan fingerprint density at radius 3 is 3.04 bits per heavy atom. The number of anilines is 1. The highest BCUT2D eigenvalue weighted by Crippen LogP contribution is 2.38. The monoisotopic (exact) mass is 378 g/mol. The summed E-state index contributed by atoms with van der Waals surface area (Å²) in [4.78, 5) is 23.4. The minimum absolute atomic E-state index is 0.0201. The highest BCUT2D eigenvalue weighted by Gasteiger charge is 2.21. The second-order valence-corrected chi connectivity index (χ2v) is 8.54. The molecule has 1 saturated heterocycles. The smallest absolute Gasteiger partial charge is 0.230 e. The van der Waals surface area contributed by atoms with Crippen LogP contribution in [0.2, 0.25) is 0 Å². The van der Waals surface area contributed by atoms with Crippen molar-refractivity contribution in [1.82, 2.24) is 15.3 Å². The normalized spacial score (nSPS) is 19.9. The van der Waals surface area contributed by atoms with Crippen molar-refractivity contribution < 1.29 is 9.53 Å². The number of fused-ring (bicyclic) bond motifs is 3. The Balaban J connectivity index is 1.40. The van der Waals surface area contributed by atoms with Crippen LogP contribution >= 0.6 is 23.1 Å². The third-order valence-electron chi connectivity index (χ3n) is 4.71. The molecule has 1 atom stereocenters. The molecule has 134 valence electrons. The van der Waals surface area contributed by atoms with Gasteiger partial charge in [0.25, 0.3) is 0 Å². The van der Waals surface area contributed by atoms with E-state index in [0.29, 0.717) is 23.3 Å². The van der Waals surface area contributed by atoms with Crippen LogP contribution in [0.3, 0.4) is 0 Å². The van der Waals surface area contributed by atoms with E-state index in [4.69, 9.17) is 10.5 Å². The highest BCUT2D eigenvalue weighted by atomic mass is 32.2. The van der Waals surface area contributed by atoms with Gasteiger partial charge in [0.05, 0.1) is 17.2 Å². The van der Waals surface area contributed by atoms with E-state index in [2.05, 4.69) is 15.3 Å². The summed E-state index contributed by atoms with van der Waals surface area (Å²) in [5, 5.41) is 4.53. The summed E-state index contributed by atoms with van der Waals surface area (Å²) in [5.74, 6) is 0.822. The Bertz CT molecular complexity index is 787. The van der Waals surface area contributed by atoms with Crippen LogP contribution in [0, 0.1) is 0 Å². The summed E-state index contributed by atoms with van der Waals surface area (Å²) in [6.45, 7) is 1.38. The number of hydrogen-bond acceptors (Lipinski definition) is 7. The third-order valence-corrected chi connectivity index (χ3v) is 6.74. The maximum Gasteiger partial charge on any atom is 0.230 e. The van der Waals surface area contributed by atoms with Gasteiger partial charge in [0.1, 0.15) is 10.6 Å². The minimum atomic E-state index is -0.0201. The maximum absolute atomic E-state index is 12.0. The molecule has 8 heteroatoms. The van der Waals surface area contributed by atoms with Crippen LogP contribution in [0.15, 0.2) is 5.16 Å². The lowest BCUT2D eigenvalue weighted by molar-refractivity contribution is -0.119. The molecule has 0 spiro atoms. The molecule has 2 aliphatic rings. The van der Waals surface area contributed by atoms with Gasteiger partial charge in [-0.15, -0.1) is 11.3 Å². The number of nitrogens with one attached hydrogen (secondary N) is 1. The molecule has 0 saturated carbocycles. The number of ether oxygens (including phenoxy) is 1. The van der Waals surface area contributed by atoms with E-state index in [1.807, 2.05) is 0 Å². The Hall–Kier alpha value is -1.38. The van der Waals surface area contributed by atoms with Gasteiger partial charge < -0.3 is 15.8 Å². The molecule has 1 aliphatic heterocycles. The predicted octanol–water partition coefficient (Wildman–Crippen LogP) is 2.54. The van der Waals surface area contributed by atoms with E-state index in [1.54, 1.807) is 11.3 Å². The van der Waals surface area contributed by atoms with Crippen molar-refractivity contribution in [2.75, 3.05) is 24.6 Å².